The van der Waals surface area contributed by atoms with Crippen LogP contribution >= 0.6 is 0 Å². The summed E-state index contributed by atoms with van der Waals surface area (Å²) in [4.78, 5) is 0. The lowest BCUT2D eigenvalue weighted by Gasteiger charge is -1.98. The third-order valence-corrected chi connectivity index (χ3v) is 4.39. The average molecular weight is 379 g/mol. The molecule has 0 fully saturated rings. The van der Waals surface area contributed by atoms with Gasteiger partial charge in [-0.2, -0.15) is 4.68 Å². The van der Waals surface area contributed by atoms with Gasteiger partial charge >= 0.3 is 0 Å². The maximum absolute atomic E-state index is 9.22. The summed E-state index contributed by atoms with van der Waals surface area (Å²) in [6.45, 7) is 2.04. The Hall–Kier alpha value is -2.56. The number of aromatic nitrogens is 3. The van der Waals surface area contributed by atoms with Crippen LogP contribution in [0.5, 0.6) is 0 Å². The zero-order valence-corrected chi connectivity index (χ0v) is 16.1. The normalized spacial score (nSPS) is 11.8. The highest BCUT2D eigenvalue weighted by Gasteiger charge is 2.12. The SMILES string of the molecule is COS(=O)(=O)[O-].Cc1c(N=Nc2cn(C)c3ccccc23)c[n+](C)n1C. The molecule has 0 aliphatic heterocycles. The fraction of sp³-hybridized carbons (Fsp3) is 0.312. The van der Waals surface area contributed by atoms with Crippen LogP contribution in [-0.2, 0) is 35.7 Å². The van der Waals surface area contributed by atoms with Crippen LogP contribution in [0.1, 0.15) is 5.69 Å². The van der Waals surface area contributed by atoms with Crippen molar-refractivity contribution in [3.05, 3.63) is 42.4 Å². The molecule has 140 valence electrons. The number of benzene rings is 1. The summed E-state index contributed by atoms with van der Waals surface area (Å²) in [5.41, 5.74) is 4.05. The Balaban J connectivity index is 0.000000352. The predicted octanol–water partition coefficient (Wildman–Crippen LogP) is 2.16. The summed E-state index contributed by atoms with van der Waals surface area (Å²) in [7, 11) is 2.42. The molecule has 0 radical (unpaired) electrons. The fourth-order valence-electron chi connectivity index (χ4n) is 2.37. The van der Waals surface area contributed by atoms with E-state index >= 15 is 0 Å². The van der Waals surface area contributed by atoms with Crippen LogP contribution in [0.2, 0.25) is 0 Å². The summed E-state index contributed by atoms with van der Waals surface area (Å²) in [5.74, 6) is 0. The van der Waals surface area contributed by atoms with E-state index in [1.54, 1.807) is 0 Å². The molecule has 0 unspecified atom stereocenters. The molecule has 0 saturated carbocycles. The van der Waals surface area contributed by atoms with Gasteiger partial charge in [0.1, 0.15) is 11.4 Å². The van der Waals surface area contributed by atoms with Crippen LogP contribution in [0, 0.1) is 6.92 Å². The Morgan fingerprint density at radius 1 is 1.15 bits per heavy atom. The van der Waals surface area contributed by atoms with Gasteiger partial charge in [-0.15, -0.1) is 14.9 Å². The molecule has 0 atom stereocenters. The van der Waals surface area contributed by atoms with Crippen LogP contribution in [-0.4, -0.2) is 29.3 Å². The minimum absolute atomic E-state index is 0.808. The number of azo groups is 1. The second-order valence-corrected chi connectivity index (χ2v) is 6.76. The largest absolute Gasteiger partial charge is 0.726 e. The molecule has 3 aromatic rings. The van der Waals surface area contributed by atoms with E-state index in [2.05, 4.69) is 31.1 Å². The Kier molecular flexibility index (Phi) is 5.90. The van der Waals surface area contributed by atoms with Crippen LogP contribution in [0.4, 0.5) is 11.4 Å². The Morgan fingerprint density at radius 2 is 1.73 bits per heavy atom. The maximum Gasteiger partial charge on any atom is 0.223 e. The summed E-state index contributed by atoms with van der Waals surface area (Å²) in [6.07, 6.45) is 3.98. The molecule has 26 heavy (non-hydrogen) atoms. The van der Waals surface area contributed by atoms with Gasteiger partial charge in [-0.3, -0.25) is 4.18 Å². The monoisotopic (exact) mass is 379 g/mol. The van der Waals surface area contributed by atoms with Crippen LogP contribution in [0.3, 0.4) is 0 Å². The van der Waals surface area contributed by atoms with E-state index in [-0.39, 0.29) is 0 Å². The standard InChI is InChI=1S/C15H18N5.CH4O4S/c1-11-13(10-19(3)20(11)4)16-17-14-9-18(2)15-8-6-5-7-12(14)15;1-5-6(2,3)4/h5-10H,1-4H3;1H3,(H,2,3,4)/q+1;/p-1. The van der Waals surface area contributed by atoms with Crippen LogP contribution in [0.15, 0.2) is 46.9 Å². The van der Waals surface area contributed by atoms with Gasteiger partial charge in [-0.05, 0) is 13.0 Å². The molecule has 2 aromatic heterocycles. The minimum Gasteiger partial charge on any atom is -0.726 e. The van der Waals surface area contributed by atoms with Crippen LogP contribution in [0.25, 0.3) is 10.9 Å². The molecule has 1 aromatic carbocycles. The first-order chi connectivity index (χ1) is 12.1. The Bertz CT molecular complexity index is 1050. The third-order valence-electron chi connectivity index (χ3n) is 3.98. The van der Waals surface area contributed by atoms with Crippen molar-refractivity contribution in [3.8, 4) is 0 Å². The molecule has 0 amide bonds. The molecule has 0 aliphatic carbocycles. The quantitative estimate of drug-likeness (QED) is 0.301. The second-order valence-electron chi connectivity index (χ2n) is 5.61. The number of fused-ring (bicyclic) bond motifs is 1. The lowest BCUT2D eigenvalue weighted by molar-refractivity contribution is -0.751. The molecule has 0 spiro atoms. The predicted molar refractivity (Wildman–Crippen MR) is 95.1 cm³/mol. The number of aryl methyl sites for hydroxylation is 2. The van der Waals surface area contributed by atoms with Gasteiger partial charge in [0, 0.05) is 18.6 Å². The first kappa shape index (κ1) is 19.8. The van der Waals surface area contributed by atoms with Crippen molar-refractivity contribution < 1.29 is 21.8 Å². The summed E-state index contributed by atoms with van der Waals surface area (Å²) in [5, 5.41) is 9.93. The topological polar surface area (TPSA) is 105 Å². The van der Waals surface area contributed by atoms with Crippen molar-refractivity contribution in [3.63, 3.8) is 0 Å². The van der Waals surface area contributed by atoms with Crippen LogP contribution < -0.4 is 4.68 Å². The first-order valence-electron chi connectivity index (χ1n) is 7.63. The summed E-state index contributed by atoms with van der Waals surface area (Å²) in [6, 6.07) is 8.21. The van der Waals surface area contributed by atoms with Crippen molar-refractivity contribution in [1.29, 1.82) is 0 Å². The molecule has 2 heterocycles. The van der Waals surface area contributed by atoms with Crippen molar-refractivity contribution in [2.24, 2.45) is 31.4 Å². The molecule has 0 N–H and O–H groups in total. The maximum atomic E-state index is 9.22. The highest BCUT2D eigenvalue weighted by molar-refractivity contribution is 7.80. The van der Waals surface area contributed by atoms with Crippen molar-refractivity contribution in [2.75, 3.05) is 7.11 Å². The highest BCUT2D eigenvalue weighted by Crippen LogP contribution is 2.29. The van der Waals surface area contributed by atoms with Crippen molar-refractivity contribution in [2.45, 2.75) is 6.92 Å². The van der Waals surface area contributed by atoms with Gasteiger partial charge in [0.05, 0.1) is 19.7 Å². The van der Waals surface area contributed by atoms with E-state index in [0.717, 1.165) is 35.1 Å². The highest BCUT2D eigenvalue weighted by atomic mass is 32.3. The van der Waals surface area contributed by atoms with Gasteiger partial charge in [-0.25, -0.2) is 8.42 Å². The number of hydrogen-bond acceptors (Lipinski definition) is 6. The number of nitrogens with zero attached hydrogens (tertiary/aromatic N) is 5. The van der Waals surface area contributed by atoms with E-state index in [0.29, 0.717) is 0 Å². The van der Waals surface area contributed by atoms with Crippen molar-refractivity contribution >= 4 is 32.7 Å². The van der Waals surface area contributed by atoms with Gasteiger partial charge < -0.3 is 9.12 Å². The number of rotatable bonds is 3. The lowest BCUT2D eigenvalue weighted by atomic mass is 10.2. The van der Waals surface area contributed by atoms with Gasteiger partial charge in [0.2, 0.25) is 16.6 Å². The Labute approximate surface area is 152 Å². The van der Waals surface area contributed by atoms with Gasteiger partial charge in [0.25, 0.3) is 0 Å². The van der Waals surface area contributed by atoms with E-state index in [1.165, 1.54) is 0 Å². The summed E-state index contributed by atoms with van der Waals surface area (Å²) < 4.78 is 37.1. The third kappa shape index (κ3) is 4.54. The van der Waals surface area contributed by atoms with Gasteiger partial charge in [-0.1, -0.05) is 18.2 Å². The second kappa shape index (κ2) is 7.77. The lowest BCUT2D eigenvalue weighted by Crippen LogP contribution is -2.36. The molecule has 0 saturated heterocycles. The smallest absolute Gasteiger partial charge is 0.223 e. The van der Waals surface area contributed by atoms with Crippen molar-refractivity contribution in [1.82, 2.24) is 9.25 Å². The molecule has 3 rings (SSSR count). The minimum atomic E-state index is -4.41. The molecular formula is C16H21N5O4S. The van der Waals surface area contributed by atoms with E-state index in [9.17, 15) is 13.0 Å². The van der Waals surface area contributed by atoms with E-state index in [1.807, 2.05) is 62.0 Å². The summed E-state index contributed by atoms with van der Waals surface area (Å²) >= 11 is 0. The molecule has 9 nitrogen and oxygen atoms in total. The first-order valence-corrected chi connectivity index (χ1v) is 8.97. The Morgan fingerprint density at radius 3 is 2.27 bits per heavy atom. The number of para-hydroxylation sites is 1. The molecular weight excluding hydrogens is 358 g/mol. The molecule has 10 heteroatoms. The molecule has 0 bridgehead atoms. The average Bonchev–Trinajstić information content (AvgIpc) is 3.05. The van der Waals surface area contributed by atoms with E-state index < -0.39 is 10.4 Å². The van der Waals surface area contributed by atoms with Gasteiger partial charge in [0.15, 0.2) is 12.7 Å². The number of hydrogen-bond donors (Lipinski definition) is 0. The molecule has 0 aliphatic rings. The van der Waals surface area contributed by atoms with E-state index in [4.69, 9.17) is 0 Å². The zero-order chi connectivity index (χ0) is 19.5. The zero-order valence-electron chi connectivity index (χ0n) is 15.2. The fourth-order valence-corrected chi connectivity index (χ4v) is 2.37.